The number of hydrogen-bond acceptors (Lipinski definition) is 4. The van der Waals surface area contributed by atoms with E-state index in [2.05, 4.69) is 10.6 Å². The minimum absolute atomic E-state index is 0.0373. The van der Waals surface area contributed by atoms with Crippen LogP contribution in [0, 0.1) is 0 Å². The lowest BCUT2D eigenvalue weighted by Crippen LogP contribution is -2.31. The number of para-hydroxylation sites is 2. The maximum atomic E-state index is 12.5. The van der Waals surface area contributed by atoms with E-state index < -0.39 is 5.91 Å². The third kappa shape index (κ3) is 3.64. The van der Waals surface area contributed by atoms with Gasteiger partial charge in [-0.1, -0.05) is 24.3 Å². The lowest BCUT2D eigenvalue weighted by molar-refractivity contribution is 0.0944. The average molecular weight is 350 g/mol. The molecule has 0 saturated carbocycles. The van der Waals surface area contributed by atoms with Gasteiger partial charge in [-0.15, -0.1) is 0 Å². The molecule has 0 fully saturated rings. The monoisotopic (exact) mass is 350 g/mol. The average Bonchev–Trinajstić information content (AvgIpc) is 2.61. The van der Waals surface area contributed by atoms with Gasteiger partial charge in [0.2, 0.25) is 0 Å². The Hall–Kier alpha value is -3.41. The highest BCUT2D eigenvalue weighted by atomic mass is 16.3. The fourth-order valence-corrected chi connectivity index (χ4v) is 2.53. The van der Waals surface area contributed by atoms with Crippen molar-refractivity contribution in [2.75, 3.05) is 5.32 Å². The Morgan fingerprint density at radius 2 is 1.65 bits per heavy atom. The van der Waals surface area contributed by atoms with Crippen molar-refractivity contribution in [3.8, 4) is 0 Å². The van der Waals surface area contributed by atoms with Crippen LogP contribution in [0.1, 0.15) is 34.8 Å². The van der Waals surface area contributed by atoms with Crippen LogP contribution in [0.5, 0.6) is 0 Å². The van der Waals surface area contributed by atoms with Gasteiger partial charge in [0.1, 0.15) is 5.58 Å². The van der Waals surface area contributed by atoms with Crippen LogP contribution in [0.25, 0.3) is 11.0 Å². The number of nitrogens with one attached hydrogen (secondary N) is 2. The van der Waals surface area contributed by atoms with Crippen LogP contribution in [-0.4, -0.2) is 17.9 Å². The van der Waals surface area contributed by atoms with Crippen molar-refractivity contribution in [3.05, 3.63) is 76.1 Å². The molecule has 1 heterocycles. The Balaban J connectivity index is 1.92. The molecule has 0 unspecified atom stereocenters. The molecule has 2 N–H and O–H groups in total. The maximum absolute atomic E-state index is 12.5. The Kier molecular flexibility index (Phi) is 4.84. The van der Waals surface area contributed by atoms with Gasteiger partial charge in [-0.25, -0.2) is 0 Å². The number of carbonyl (C=O) groups excluding carboxylic acids is 2. The SMILES string of the molecule is CC(C)NC(=O)c1ccccc1NC(=O)c1cc(=O)c2ccccc2o1. The van der Waals surface area contributed by atoms with Crippen LogP contribution in [0.3, 0.4) is 0 Å². The van der Waals surface area contributed by atoms with E-state index >= 15 is 0 Å². The van der Waals surface area contributed by atoms with E-state index in [1.165, 1.54) is 0 Å². The lowest BCUT2D eigenvalue weighted by atomic mass is 10.1. The molecule has 6 nitrogen and oxygen atoms in total. The van der Waals surface area contributed by atoms with Crippen molar-refractivity contribution in [1.29, 1.82) is 0 Å². The van der Waals surface area contributed by atoms with E-state index in [0.29, 0.717) is 22.2 Å². The predicted octanol–water partition coefficient (Wildman–Crippen LogP) is 3.18. The third-order valence-electron chi connectivity index (χ3n) is 3.70. The van der Waals surface area contributed by atoms with Gasteiger partial charge < -0.3 is 15.1 Å². The second kappa shape index (κ2) is 7.23. The van der Waals surface area contributed by atoms with Gasteiger partial charge in [-0.05, 0) is 38.1 Å². The Morgan fingerprint density at radius 3 is 2.42 bits per heavy atom. The molecule has 3 aromatic rings. The number of amides is 2. The number of anilines is 1. The van der Waals surface area contributed by atoms with Gasteiger partial charge >= 0.3 is 0 Å². The Morgan fingerprint density at radius 1 is 0.962 bits per heavy atom. The number of carbonyl (C=O) groups is 2. The third-order valence-corrected chi connectivity index (χ3v) is 3.70. The molecule has 0 bridgehead atoms. The van der Waals surface area contributed by atoms with Crippen molar-refractivity contribution >= 4 is 28.5 Å². The Bertz CT molecular complexity index is 1040. The molecule has 6 heteroatoms. The summed E-state index contributed by atoms with van der Waals surface area (Å²) in [5.41, 5.74) is 0.697. The molecule has 3 rings (SSSR count). The van der Waals surface area contributed by atoms with Gasteiger partial charge in [0.15, 0.2) is 11.2 Å². The highest BCUT2D eigenvalue weighted by Gasteiger charge is 2.17. The predicted molar refractivity (Wildman–Crippen MR) is 99.5 cm³/mol. The molecule has 0 radical (unpaired) electrons. The number of rotatable bonds is 4. The minimum Gasteiger partial charge on any atom is -0.451 e. The largest absolute Gasteiger partial charge is 0.451 e. The highest BCUT2D eigenvalue weighted by Crippen LogP contribution is 2.18. The first kappa shape index (κ1) is 17.4. The second-order valence-corrected chi connectivity index (χ2v) is 6.10. The fourth-order valence-electron chi connectivity index (χ4n) is 2.53. The van der Waals surface area contributed by atoms with E-state index in [-0.39, 0.29) is 23.1 Å². The van der Waals surface area contributed by atoms with E-state index in [1.54, 1.807) is 48.5 Å². The summed E-state index contributed by atoms with van der Waals surface area (Å²) in [7, 11) is 0. The standard InChI is InChI=1S/C20H18N2O4/c1-12(2)21-19(24)13-7-3-5-9-15(13)22-20(25)18-11-16(23)14-8-4-6-10-17(14)26-18/h3-12H,1-2H3,(H,21,24)(H,22,25). The van der Waals surface area contributed by atoms with E-state index in [4.69, 9.17) is 4.42 Å². The van der Waals surface area contributed by atoms with Gasteiger partial charge in [-0.3, -0.25) is 14.4 Å². The lowest BCUT2D eigenvalue weighted by Gasteiger charge is -2.13. The molecule has 2 aromatic carbocycles. The zero-order chi connectivity index (χ0) is 18.7. The summed E-state index contributed by atoms with van der Waals surface area (Å²) < 4.78 is 5.53. The van der Waals surface area contributed by atoms with Crippen molar-refractivity contribution in [3.63, 3.8) is 0 Å². The second-order valence-electron chi connectivity index (χ2n) is 6.10. The van der Waals surface area contributed by atoms with Gasteiger partial charge in [0, 0.05) is 12.1 Å². The van der Waals surface area contributed by atoms with Crippen LogP contribution in [-0.2, 0) is 0 Å². The van der Waals surface area contributed by atoms with Crippen LogP contribution in [0.15, 0.2) is 63.8 Å². The van der Waals surface area contributed by atoms with Crippen LogP contribution >= 0.6 is 0 Å². The van der Waals surface area contributed by atoms with E-state index in [0.717, 1.165) is 6.07 Å². The first-order valence-electron chi connectivity index (χ1n) is 8.20. The van der Waals surface area contributed by atoms with Crippen molar-refractivity contribution in [1.82, 2.24) is 5.32 Å². The summed E-state index contributed by atoms with van der Waals surface area (Å²) in [4.78, 5) is 37.0. The molecule has 0 aliphatic heterocycles. The summed E-state index contributed by atoms with van der Waals surface area (Å²) >= 11 is 0. The van der Waals surface area contributed by atoms with Gasteiger partial charge in [0.25, 0.3) is 11.8 Å². The molecule has 26 heavy (non-hydrogen) atoms. The van der Waals surface area contributed by atoms with Crippen molar-refractivity contribution in [2.45, 2.75) is 19.9 Å². The highest BCUT2D eigenvalue weighted by molar-refractivity contribution is 6.08. The first-order valence-corrected chi connectivity index (χ1v) is 8.20. The maximum Gasteiger partial charge on any atom is 0.291 e. The first-order chi connectivity index (χ1) is 12.5. The van der Waals surface area contributed by atoms with E-state index in [1.807, 2.05) is 13.8 Å². The smallest absolute Gasteiger partial charge is 0.291 e. The zero-order valence-electron chi connectivity index (χ0n) is 14.4. The molecule has 0 spiro atoms. The van der Waals surface area contributed by atoms with Crippen LogP contribution in [0.2, 0.25) is 0 Å². The molecule has 2 amide bonds. The molecule has 0 aliphatic rings. The molecule has 0 aliphatic carbocycles. The summed E-state index contributed by atoms with van der Waals surface area (Å²) in [5.74, 6) is -1.01. The zero-order valence-corrected chi connectivity index (χ0v) is 14.4. The molecule has 1 aromatic heterocycles. The van der Waals surface area contributed by atoms with Crippen molar-refractivity contribution < 1.29 is 14.0 Å². The van der Waals surface area contributed by atoms with E-state index in [9.17, 15) is 14.4 Å². The molecule has 0 saturated heterocycles. The number of hydrogen-bond donors (Lipinski definition) is 2. The fraction of sp³-hybridized carbons (Fsp3) is 0.150. The van der Waals surface area contributed by atoms with Crippen LogP contribution < -0.4 is 16.1 Å². The topological polar surface area (TPSA) is 88.4 Å². The molecule has 132 valence electrons. The summed E-state index contributed by atoms with van der Waals surface area (Å²) in [6, 6.07) is 14.5. The molecular weight excluding hydrogens is 332 g/mol. The Labute approximate surface area is 149 Å². The number of benzene rings is 2. The summed E-state index contributed by atoms with van der Waals surface area (Å²) in [6.07, 6.45) is 0. The quantitative estimate of drug-likeness (QED) is 0.756. The summed E-state index contributed by atoms with van der Waals surface area (Å²) in [5, 5.41) is 5.83. The van der Waals surface area contributed by atoms with Crippen molar-refractivity contribution in [2.24, 2.45) is 0 Å². The minimum atomic E-state index is -0.599. The number of fused-ring (bicyclic) bond motifs is 1. The molecular formula is C20H18N2O4. The summed E-state index contributed by atoms with van der Waals surface area (Å²) in [6.45, 7) is 3.70. The van der Waals surface area contributed by atoms with Crippen LogP contribution in [0.4, 0.5) is 5.69 Å². The molecule has 0 atom stereocenters. The van der Waals surface area contributed by atoms with Gasteiger partial charge in [-0.2, -0.15) is 0 Å². The van der Waals surface area contributed by atoms with Gasteiger partial charge in [0.05, 0.1) is 16.6 Å². The normalized spacial score (nSPS) is 10.7.